The number of benzene rings is 1. The molecule has 5 heteroatoms. The van der Waals surface area contributed by atoms with E-state index in [1.54, 1.807) is 7.11 Å². The fraction of sp³-hybridized carbons (Fsp3) is 0.526. The molecular formula is C19H24N2O3. The Kier molecular flexibility index (Phi) is 4.29. The third-order valence-electron chi connectivity index (χ3n) is 5.30. The fourth-order valence-corrected chi connectivity index (χ4v) is 4.12. The molecule has 0 unspecified atom stereocenters. The van der Waals surface area contributed by atoms with Gasteiger partial charge in [-0.25, -0.2) is 0 Å². The molecule has 1 aromatic heterocycles. The van der Waals surface area contributed by atoms with Gasteiger partial charge in [-0.1, -0.05) is 18.2 Å². The molecule has 1 aliphatic carbocycles. The molecule has 2 atom stereocenters. The maximum absolute atomic E-state index is 13.3. The molecule has 0 N–H and O–H groups in total. The van der Waals surface area contributed by atoms with Crippen molar-refractivity contribution < 1.29 is 14.3 Å². The highest BCUT2D eigenvalue weighted by atomic mass is 16.5. The van der Waals surface area contributed by atoms with Crippen LogP contribution in [0.15, 0.2) is 30.5 Å². The minimum atomic E-state index is 0.141. The number of ether oxygens (including phenoxy) is 2. The third kappa shape index (κ3) is 2.62. The van der Waals surface area contributed by atoms with Crippen LogP contribution in [0.1, 0.15) is 29.6 Å². The highest BCUT2D eigenvalue weighted by Crippen LogP contribution is 2.32. The number of amides is 1. The maximum atomic E-state index is 13.3. The van der Waals surface area contributed by atoms with Gasteiger partial charge in [-0.15, -0.1) is 0 Å². The fourth-order valence-electron chi connectivity index (χ4n) is 4.12. The zero-order chi connectivity index (χ0) is 16.5. The molecular weight excluding hydrogens is 304 g/mol. The van der Waals surface area contributed by atoms with Gasteiger partial charge in [0.25, 0.3) is 5.91 Å². The standard InChI is InChI=1S/C19H24N2O3/c1-23-11-9-20-13-15(14-5-2-3-6-16(14)20)19(22)21-10-12-24-18-8-4-7-17(18)21/h2-3,5-6,13,17-18H,4,7-12H2,1H3/t17-,18+/m1/s1. The van der Waals surface area contributed by atoms with Crippen LogP contribution in [0.5, 0.6) is 0 Å². The molecule has 2 aliphatic rings. The Morgan fingerprint density at radius 2 is 2.21 bits per heavy atom. The zero-order valence-electron chi connectivity index (χ0n) is 14.1. The van der Waals surface area contributed by atoms with Crippen LogP contribution in [-0.2, 0) is 16.0 Å². The van der Waals surface area contributed by atoms with Crippen LogP contribution >= 0.6 is 0 Å². The first-order chi connectivity index (χ1) is 11.8. The van der Waals surface area contributed by atoms with E-state index in [4.69, 9.17) is 9.47 Å². The molecule has 1 amide bonds. The monoisotopic (exact) mass is 328 g/mol. The summed E-state index contributed by atoms with van der Waals surface area (Å²) in [6.07, 6.45) is 5.49. The average Bonchev–Trinajstić information content (AvgIpc) is 3.24. The van der Waals surface area contributed by atoms with E-state index in [-0.39, 0.29) is 18.1 Å². The number of carbonyl (C=O) groups excluding carboxylic acids is 1. The van der Waals surface area contributed by atoms with Gasteiger partial charge in [0.2, 0.25) is 0 Å². The topological polar surface area (TPSA) is 43.7 Å². The lowest BCUT2D eigenvalue weighted by atomic mass is 10.1. The summed E-state index contributed by atoms with van der Waals surface area (Å²) in [5.41, 5.74) is 1.89. The van der Waals surface area contributed by atoms with E-state index in [0.717, 1.165) is 42.3 Å². The van der Waals surface area contributed by atoms with Crippen LogP contribution in [0, 0.1) is 0 Å². The summed E-state index contributed by atoms with van der Waals surface area (Å²) in [5, 5.41) is 1.03. The summed E-state index contributed by atoms with van der Waals surface area (Å²) in [6.45, 7) is 2.72. The molecule has 0 spiro atoms. The van der Waals surface area contributed by atoms with Crippen molar-refractivity contribution in [3.8, 4) is 0 Å². The smallest absolute Gasteiger partial charge is 0.256 e. The summed E-state index contributed by atoms with van der Waals surface area (Å²) in [7, 11) is 1.70. The average molecular weight is 328 g/mol. The highest BCUT2D eigenvalue weighted by Gasteiger charge is 2.39. The number of nitrogens with zero attached hydrogens (tertiary/aromatic N) is 2. The van der Waals surface area contributed by atoms with E-state index in [9.17, 15) is 4.79 Å². The van der Waals surface area contributed by atoms with Crippen LogP contribution in [0.25, 0.3) is 10.9 Å². The lowest BCUT2D eigenvalue weighted by molar-refractivity contribution is -0.0444. The van der Waals surface area contributed by atoms with Gasteiger partial charge in [-0.2, -0.15) is 0 Å². The number of morpholine rings is 1. The van der Waals surface area contributed by atoms with Gasteiger partial charge in [-0.05, 0) is 25.3 Å². The minimum Gasteiger partial charge on any atom is -0.383 e. The lowest BCUT2D eigenvalue weighted by Crippen LogP contribution is -2.51. The molecule has 2 fully saturated rings. The first-order valence-corrected chi connectivity index (χ1v) is 8.79. The predicted octanol–water partition coefficient (Wildman–Crippen LogP) is 2.68. The van der Waals surface area contributed by atoms with Crippen LogP contribution in [-0.4, -0.2) is 54.4 Å². The second kappa shape index (κ2) is 6.57. The Morgan fingerprint density at radius 1 is 1.33 bits per heavy atom. The molecule has 2 heterocycles. The maximum Gasteiger partial charge on any atom is 0.256 e. The van der Waals surface area contributed by atoms with Crippen LogP contribution in [0.3, 0.4) is 0 Å². The van der Waals surface area contributed by atoms with Gasteiger partial charge in [0, 0.05) is 37.3 Å². The molecule has 1 aliphatic heterocycles. The van der Waals surface area contributed by atoms with Gasteiger partial charge in [-0.3, -0.25) is 4.79 Å². The zero-order valence-corrected chi connectivity index (χ0v) is 14.1. The SMILES string of the molecule is COCCn1cc(C(=O)N2CCO[C@H]3CCC[C@H]32)c2ccccc21. The number of aromatic nitrogens is 1. The quantitative estimate of drug-likeness (QED) is 0.867. The molecule has 5 nitrogen and oxygen atoms in total. The molecule has 1 saturated carbocycles. The van der Waals surface area contributed by atoms with E-state index in [1.165, 1.54) is 0 Å². The first-order valence-electron chi connectivity index (χ1n) is 8.79. The number of methoxy groups -OCH3 is 1. The molecule has 0 bridgehead atoms. The van der Waals surface area contributed by atoms with Gasteiger partial charge in [0.05, 0.1) is 30.9 Å². The predicted molar refractivity (Wildman–Crippen MR) is 92.2 cm³/mol. The van der Waals surface area contributed by atoms with Gasteiger partial charge in [0.1, 0.15) is 0 Å². The van der Waals surface area contributed by atoms with Crippen molar-refractivity contribution in [1.82, 2.24) is 9.47 Å². The largest absolute Gasteiger partial charge is 0.383 e. The Bertz CT molecular complexity index is 739. The summed E-state index contributed by atoms with van der Waals surface area (Å²) < 4.78 is 13.2. The molecule has 128 valence electrons. The normalized spacial score (nSPS) is 23.6. The second-order valence-electron chi connectivity index (χ2n) is 6.65. The van der Waals surface area contributed by atoms with Crippen molar-refractivity contribution in [2.45, 2.75) is 38.0 Å². The number of hydrogen-bond donors (Lipinski definition) is 0. The first kappa shape index (κ1) is 15.7. The number of hydrogen-bond acceptors (Lipinski definition) is 3. The minimum absolute atomic E-state index is 0.141. The van der Waals surface area contributed by atoms with Crippen LogP contribution in [0.4, 0.5) is 0 Å². The van der Waals surface area contributed by atoms with Crippen molar-refractivity contribution in [1.29, 1.82) is 0 Å². The molecule has 1 saturated heterocycles. The number of fused-ring (bicyclic) bond motifs is 2. The Morgan fingerprint density at radius 3 is 3.08 bits per heavy atom. The second-order valence-corrected chi connectivity index (χ2v) is 6.65. The molecule has 4 rings (SSSR count). The van der Waals surface area contributed by atoms with Gasteiger partial charge in [0.15, 0.2) is 0 Å². The Labute approximate surface area is 142 Å². The molecule has 2 aromatic rings. The van der Waals surface area contributed by atoms with Gasteiger partial charge >= 0.3 is 0 Å². The van der Waals surface area contributed by atoms with E-state index < -0.39 is 0 Å². The summed E-state index contributed by atoms with van der Waals surface area (Å²) in [6, 6.07) is 8.36. The van der Waals surface area contributed by atoms with Crippen molar-refractivity contribution in [2.75, 3.05) is 26.9 Å². The number of rotatable bonds is 4. The van der Waals surface area contributed by atoms with E-state index in [2.05, 4.69) is 10.6 Å². The highest BCUT2D eigenvalue weighted by molar-refractivity contribution is 6.07. The van der Waals surface area contributed by atoms with Gasteiger partial charge < -0.3 is 18.9 Å². The van der Waals surface area contributed by atoms with Crippen molar-refractivity contribution in [3.63, 3.8) is 0 Å². The van der Waals surface area contributed by atoms with E-state index in [0.29, 0.717) is 19.8 Å². The molecule has 24 heavy (non-hydrogen) atoms. The number of carbonyl (C=O) groups is 1. The van der Waals surface area contributed by atoms with E-state index >= 15 is 0 Å². The van der Waals surface area contributed by atoms with Crippen LogP contribution < -0.4 is 0 Å². The Hall–Kier alpha value is -1.85. The Balaban J connectivity index is 1.69. The number of para-hydroxylation sites is 1. The summed E-state index contributed by atoms with van der Waals surface area (Å²) >= 11 is 0. The van der Waals surface area contributed by atoms with Crippen molar-refractivity contribution in [3.05, 3.63) is 36.0 Å². The van der Waals surface area contributed by atoms with Crippen molar-refractivity contribution >= 4 is 16.8 Å². The summed E-state index contributed by atoms with van der Waals surface area (Å²) in [4.78, 5) is 15.3. The van der Waals surface area contributed by atoms with Crippen molar-refractivity contribution in [2.24, 2.45) is 0 Å². The van der Waals surface area contributed by atoms with E-state index in [1.807, 2.05) is 29.3 Å². The molecule has 1 aromatic carbocycles. The third-order valence-corrected chi connectivity index (χ3v) is 5.30. The lowest BCUT2D eigenvalue weighted by Gasteiger charge is -2.37. The summed E-state index contributed by atoms with van der Waals surface area (Å²) in [5.74, 6) is 0.141. The van der Waals surface area contributed by atoms with Crippen LogP contribution in [0.2, 0.25) is 0 Å². The molecule has 0 radical (unpaired) electrons.